The molecule has 2 rings (SSSR count). The lowest BCUT2D eigenvalue weighted by Gasteiger charge is -2.11. The fourth-order valence-electron chi connectivity index (χ4n) is 2.21. The van der Waals surface area contributed by atoms with Crippen LogP contribution in [-0.4, -0.2) is 47.2 Å². The van der Waals surface area contributed by atoms with Crippen molar-refractivity contribution in [3.63, 3.8) is 0 Å². The van der Waals surface area contributed by atoms with Gasteiger partial charge in [-0.25, -0.2) is 9.59 Å². The summed E-state index contributed by atoms with van der Waals surface area (Å²) in [7, 11) is 0. The molecule has 0 spiro atoms. The highest BCUT2D eigenvalue weighted by Gasteiger charge is 2.15. The Morgan fingerprint density at radius 1 is 0.759 bits per heavy atom. The topological polar surface area (TPSA) is 142 Å². The molecule has 152 valence electrons. The third-order valence-electron chi connectivity index (χ3n) is 3.44. The maximum atomic E-state index is 11.9. The molecule has 0 aliphatic heterocycles. The molecule has 0 heterocycles. The molecule has 29 heavy (non-hydrogen) atoms. The third-order valence-corrected chi connectivity index (χ3v) is 4.43. The number of amides is 2. The second kappa shape index (κ2) is 10.1. The number of carbonyl (C=O) groups is 4. The van der Waals surface area contributed by atoms with Gasteiger partial charge in [0.1, 0.15) is 13.2 Å². The van der Waals surface area contributed by atoms with Crippen LogP contribution in [0.5, 0.6) is 0 Å². The van der Waals surface area contributed by atoms with Gasteiger partial charge >= 0.3 is 11.9 Å². The number of hydrogen-bond acceptors (Lipinski definition) is 5. The summed E-state index contributed by atoms with van der Waals surface area (Å²) < 4.78 is 6.09. The van der Waals surface area contributed by atoms with Gasteiger partial charge < -0.3 is 25.6 Å². The lowest BCUT2D eigenvalue weighted by atomic mass is 10.2. The number of hydrogen-bond donors (Lipinski definition) is 4. The molecule has 0 radical (unpaired) electrons. The van der Waals surface area contributed by atoms with E-state index in [0.717, 1.165) is 0 Å². The Labute approximate surface area is 181 Å². The van der Waals surface area contributed by atoms with Crippen LogP contribution < -0.4 is 10.6 Å². The van der Waals surface area contributed by atoms with E-state index in [4.69, 9.17) is 14.9 Å². The summed E-state index contributed by atoms with van der Waals surface area (Å²) in [5.41, 5.74) is -0.0526. The SMILES string of the molecule is O=C(COCC(=O)Nc1ccc(Br)cc1C(=O)O)Nc1ccc(Br)cc1C(=O)O. The predicted molar refractivity (Wildman–Crippen MR) is 110 cm³/mol. The standard InChI is InChI=1S/C18H14Br2N2O7/c19-9-1-3-13(11(5-9)17(25)26)21-15(23)7-29-8-16(24)22-14-4-2-10(20)6-12(14)18(27)28/h1-6H,7-8H2,(H,21,23)(H,22,24)(H,25,26)(H,27,28). The fraction of sp³-hybridized carbons (Fsp3) is 0.111. The second-order valence-electron chi connectivity index (χ2n) is 5.58. The van der Waals surface area contributed by atoms with E-state index in [9.17, 15) is 19.2 Å². The van der Waals surface area contributed by atoms with E-state index < -0.39 is 37.0 Å². The minimum Gasteiger partial charge on any atom is -0.478 e. The maximum Gasteiger partial charge on any atom is 0.337 e. The Morgan fingerprint density at radius 3 is 1.48 bits per heavy atom. The van der Waals surface area contributed by atoms with Crippen LogP contribution in [0.2, 0.25) is 0 Å². The molecule has 2 amide bonds. The first-order valence-corrected chi connectivity index (χ1v) is 9.49. The zero-order chi connectivity index (χ0) is 21.6. The summed E-state index contributed by atoms with van der Waals surface area (Å²) >= 11 is 6.30. The average molecular weight is 530 g/mol. The highest BCUT2D eigenvalue weighted by molar-refractivity contribution is 9.10. The summed E-state index contributed by atoms with van der Waals surface area (Å²) in [5.74, 6) is -3.74. The Hall–Kier alpha value is -2.76. The van der Waals surface area contributed by atoms with Crippen molar-refractivity contribution in [2.75, 3.05) is 23.8 Å². The number of halogens is 2. The molecule has 0 unspecified atom stereocenters. The Kier molecular flexibility index (Phi) is 7.88. The van der Waals surface area contributed by atoms with Gasteiger partial charge in [0.2, 0.25) is 11.8 Å². The number of rotatable bonds is 8. The van der Waals surface area contributed by atoms with Crippen LogP contribution in [0.15, 0.2) is 45.3 Å². The highest BCUT2D eigenvalue weighted by Crippen LogP contribution is 2.22. The highest BCUT2D eigenvalue weighted by atomic mass is 79.9. The van der Waals surface area contributed by atoms with E-state index in [1.165, 1.54) is 24.3 Å². The average Bonchev–Trinajstić information content (AvgIpc) is 2.64. The van der Waals surface area contributed by atoms with Crippen LogP contribution in [0.4, 0.5) is 11.4 Å². The number of carboxylic acids is 2. The number of nitrogens with one attached hydrogen (secondary N) is 2. The van der Waals surface area contributed by atoms with E-state index >= 15 is 0 Å². The van der Waals surface area contributed by atoms with Crippen molar-refractivity contribution in [1.29, 1.82) is 0 Å². The molecule has 0 aromatic heterocycles. The van der Waals surface area contributed by atoms with Gasteiger partial charge in [-0.3, -0.25) is 9.59 Å². The predicted octanol–water partition coefficient (Wildman–Crippen LogP) is 3.20. The Balaban J connectivity index is 1.89. The smallest absolute Gasteiger partial charge is 0.337 e. The third kappa shape index (κ3) is 6.66. The first-order chi connectivity index (χ1) is 13.7. The molecule has 0 bridgehead atoms. The van der Waals surface area contributed by atoms with Gasteiger partial charge in [-0.05, 0) is 36.4 Å². The number of anilines is 2. The summed E-state index contributed by atoms with van der Waals surface area (Å²) in [5, 5.41) is 23.1. The molecule has 0 aliphatic rings. The van der Waals surface area contributed by atoms with Crippen LogP contribution in [0.1, 0.15) is 20.7 Å². The largest absolute Gasteiger partial charge is 0.478 e. The molecule has 0 saturated carbocycles. The van der Waals surface area contributed by atoms with Gasteiger partial charge in [-0.2, -0.15) is 0 Å². The van der Waals surface area contributed by atoms with E-state index in [0.29, 0.717) is 8.95 Å². The van der Waals surface area contributed by atoms with Crippen molar-refractivity contribution in [2.45, 2.75) is 0 Å². The Morgan fingerprint density at radius 2 is 1.14 bits per heavy atom. The van der Waals surface area contributed by atoms with Gasteiger partial charge in [0.05, 0.1) is 22.5 Å². The van der Waals surface area contributed by atoms with E-state index in [1.807, 2.05) is 0 Å². The van der Waals surface area contributed by atoms with Crippen LogP contribution in [-0.2, 0) is 14.3 Å². The van der Waals surface area contributed by atoms with E-state index in [-0.39, 0.29) is 22.5 Å². The van der Waals surface area contributed by atoms with Crippen LogP contribution in [0.25, 0.3) is 0 Å². The quantitative estimate of drug-likeness (QED) is 0.411. The zero-order valence-corrected chi connectivity index (χ0v) is 17.7. The van der Waals surface area contributed by atoms with Crippen molar-refractivity contribution in [3.8, 4) is 0 Å². The molecule has 0 fully saturated rings. The molecule has 0 atom stereocenters. The van der Waals surface area contributed by atoms with Gasteiger partial charge in [-0.1, -0.05) is 31.9 Å². The zero-order valence-electron chi connectivity index (χ0n) is 14.6. The Bertz CT molecular complexity index is 901. The summed E-state index contributed by atoms with van der Waals surface area (Å²) in [6.45, 7) is -1.01. The molecule has 0 saturated heterocycles. The fourth-order valence-corrected chi connectivity index (χ4v) is 2.94. The van der Waals surface area contributed by atoms with Gasteiger partial charge in [-0.15, -0.1) is 0 Å². The summed E-state index contributed by atoms with van der Waals surface area (Å²) in [6, 6.07) is 8.64. The van der Waals surface area contributed by atoms with Crippen molar-refractivity contribution >= 4 is 67.0 Å². The molecule has 11 heteroatoms. The van der Waals surface area contributed by atoms with Crippen molar-refractivity contribution in [1.82, 2.24) is 0 Å². The van der Waals surface area contributed by atoms with Gasteiger partial charge in [0, 0.05) is 8.95 Å². The number of carbonyl (C=O) groups excluding carboxylic acids is 2. The molecule has 2 aromatic carbocycles. The molecule has 0 aliphatic carbocycles. The molecule has 4 N–H and O–H groups in total. The van der Waals surface area contributed by atoms with Gasteiger partial charge in [0.15, 0.2) is 0 Å². The van der Waals surface area contributed by atoms with E-state index in [2.05, 4.69) is 42.5 Å². The minimum absolute atomic E-state index is 0.0831. The number of benzene rings is 2. The molecular formula is C18H14Br2N2O7. The van der Waals surface area contributed by atoms with Crippen LogP contribution >= 0.6 is 31.9 Å². The lowest BCUT2D eigenvalue weighted by Crippen LogP contribution is -2.25. The van der Waals surface area contributed by atoms with Crippen LogP contribution in [0, 0.1) is 0 Å². The summed E-state index contributed by atoms with van der Waals surface area (Å²) in [6.07, 6.45) is 0. The van der Waals surface area contributed by atoms with Crippen molar-refractivity contribution < 1.29 is 34.1 Å². The van der Waals surface area contributed by atoms with Crippen LogP contribution in [0.3, 0.4) is 0 Å². The maximum absolute atomic E-state index is 11.9. The van der Waals surface area contributed by atoms with Crippen molar-refractivity contribution in [3.05, 3.63) is 56.5 Å². The summed E-state index contributed by atoms with van der Waals surface area (Å²) in [4.78, 5) is 46.3. The van der Waals surface area contributed by atoms with Crippen molar-refractivity contribution in [2.24, 2.45) is 0 Å². The number of carboxylic acid groups (broad SMARTS) is 2. The number of ether oxygens (including phenoxy) is 1. The lowest BCUT2D eigenvalue weighted by molar-refractivity contribution is -0.125. The minimum atomic E-state index is -1.22. The first-order valence-electron chi connectivity index (χ1n) is 7.90. The second-order valence-corrected chi connectivity index (χ2v) is 7.41. The molecule has 2 aromatic rings. The van der Waals surface area contributed by atoms with E-state index in [1.54, 1.807) is 12.1 Å². The molecule has 9 nitrogen and oxygen atoms in total. The monoisotopic (exact) mass is 528 g/mol. The number of aromatic carboxylic acids is 2. The normalized spacial score (nSPS) is 10.3. The molecular weight excluding hydrogens is 516 g/mol. The van der Waals surface area contributed by atoms with Gasteiger partial charge in [0.25, 0.3) is 0 Å². The first kappa shape index (κ1) is 22.5.